The number of carbonyl (C=O) groups is 2. The summed E-state index contributed by atoms with van der Waals surface area (Å²) in [6.45, 7) is 0. The van der Waals surface area contributed by atoms with Gasteiger partial charge < -0.3 is 14.6 Å². The summed E-state index contributed by atoms with van der Waals surface area (Å²) < 4.78 is 4.40. The van der Waals surface area contributed by atoms with Crippen molar-refractivity contribution in [1.29, 1.82) is 0 Å². The van der Waals surface area contributed by atoms with Gasteiger partial charge in [-0.3, -0.25) is 0 Å². The minimum atomic E-state index is -1.39. The van der Waals surface area contributed by atoms with E-state index in [0.29, 0.717) is 0 Å². The second-order valence-corrected chi connectivity index (χ2v) is 2.32. The molecular formula is C9H7CuO4. The van der Waals surface area contributed by atoms with E-state index in [1.165, 1.54) is 25.3 Å². The molecule has 0 spiro atoms. The van der Waals surface area contributed by atoms with Crippen molar-refractivity contribution in [2.75, 3.05) is 7.11 Å². The predicted octanol–water partition coefficient (Wildman–Crippen LogP) is -0.166. The quantitative estimate of drug-likeness (QED) is 0.534. The summed E-state index contributed by atoms with van der Waals surface area (Å²) in [5, 5.41) is 10.5. The molecule has 0 saturated carbocycles. The van der Waals surface area contributed by atoms with Crippen molar-refractivity contribution in [1.82, 2.24) is 0 Å². The third kappa shape index (κ3) is 2.58. The van der Waals surface area contributed by atoms with Crippen LogP contribution in [-0.2, 0) is 21.8 Å². The van der Waals surface area contributed by atoms with E-state index < -0.39 is 11.9 Å². The third-order valence-electron chi connectivity index (χ3n) is 1.55. The SMILES string of the molecule is COC(=O)c1ccccc1C(=O)[O-].[Cu+]. The summed E-state index contributed by atoms with van der Waals surface area (Å²) in [6, 6.07) is 5.73. The fourth-order valence-corrected chi connectivity index (χ4v) is 0.949. The van der Waals surface area contributed by atoms with Crippen molar-refractivity contribution in [2.45, 2.75) is 0 Å². The van der Waals surface area contributed by atoms with Crippen LogP contribution in [0.4, 0.5) is 0 Å². The Labute approximate surface area is 91.4 Å². The van der Waals surface area contributed by atoms with Gasteiger partial charge in [0, 0.05) is 5.56 Å². The molecule has 0 heterocycles. The Morgan fingerprint density at radius 3 is 2.14 bits per heavy atom. The van der Waals surface area contributed by atoms with Gasteiger partial charge in [-0.1, -0.05) is 18.2 Å². The van der Waals surface area contributed by atoms with Crippen LogP contribution in [-0.4, -0.2) is 19.0 Å². The summed E-state index contributed by atoms with van der Waals surface area (Å²) in [5.41, 5.74) is -0.153. The molecule has 0 aliphatic carbocycles. The van der Waals surface area contributed by atoms with Crippen LogP contribution in [0.1, 0.15) is 20.7 Å². The van der Waals surface area contributed by atoms with Crippen molar-refractivity contribution < 1.29 is 36.5 Å². The van der Waals surface area contributed by atoms with Crippen molar-refractivity contribution in [2.24, 2.45) is 0 Å². The zero-order chi connectivity index (χ0) is 9.84. The molecule has 1 rings (SSSR count). The number of methoxy groups -OCH3 is 1. The maximum Gasteiger partial charge on any atom is 1.00 e. The zero-order valence-electron chi connectivity index (χ0n) is 7.24. The molecule has 0 aromatic heterocycles. The number of rotatable bonds is 2. The van der Waals surface area contributed by atoms with E-state index in [9.17, 15) is 14.7 Å². The summed E-state index contributed by atoms with van der Waals surface area (Å²) in [6.07, 6.45) is 0. The number of benzene rings is 1. The first-order valence-corrected chi connectivity index (χ1v) is 3.55. The molecule has 0 saturated heterocycles. The number of hydrogen-bond donors (Lipinski definition) is 0. The standard InChI is InChI=1S/C9H8O4.Cu/c1-13-9(12)7-5-3-2-4-6(7)8(10)11;/h2-5H,1H3,(H,10,11);/q;+1/p-1. The maximum absolute atomic E-state index is 11.0. The second kappa shape index (κ2) is 5.42. The van der Waals surface area contributed by atoms with Crippen LogP contribution in [0.3, 0.4) is 0 Å². The minimum absolute atomic E-state index is 0. The third-order valence-corrected chi connectivity index (χ3v) is 1.55. The van der Waals surface area contributed by atoms with Crippen LogP contribution >= 0.6 is 0 Å². The molecule has 0 atom stereocenters. The van der Waals surface area contributed by atoms with Gasteiger partial charge in [-0.25, -0.2) is 4.79 Å². The molecule has 0 aliphatic rings. The maximum atomic E-state index is 11.0. The van der Waals surface area contributed by atoms with Gasteiger partial charge in [0.1, 0.15) is 0 Å². The Morgan fingerprint density at radius 2 is 1.71 bits per heavy atom. The summed E-state index contributed by atoms with van der Waals surface area (Å²) in [4.78, 5) is 21.5. The Balaban J connectivity index is 0.00000169. The number of aromatic carboxylic acids is 1. The van der Waals surface area contributed by atoms with Crippen LogP contribution in [0, 0.1) is 0 Å². The molecule has 0 unspecified atom stereocenters. The largest absolute Gasteiger partial charge is 1.00 e. The number of carboxylic acids is 1. The van der Waals surface area contributed by atoms with E-state index in [1.807, 2.05) is 0 Å². The molecule has 14 heavy (non-hydrogen) atoms. The van der Waals surface area contributed by atoms with Crippen molar-refractivity contribution in [3.63, 3.8) is 0 Å². The zero-order valence-corrected chi connectivity index (χ0v) is 8.19. The van der Waals surface area contributed by atoms with Crippen LogP contribution in [0.25, 0.3) is 0 Å². The van der Waals surface area contributed by atoms with Gasteiger partial charge in [0.05, 0.1) is 18.6 Å². The van der Waals surface area contributed by atoms with Gasteiger partial charge in [-0.05, 0) is 6.07 Å². The van der Waals surface area contributed by atoms with Crippen LogP contribution in [0.5, 0.6) is 0 Å². The predicted molar refractivity (Wildman–Crippen MR) is 42.1 cm³/mol. The van der Waals surface area contributed by atoms with Crippen molar-refractivity contribution in [3.05, 3.63) is 35.4 Å². The van der Waals surface area contributed by atoms with Gasteiger partial charge in [0.15, 0.2) is 0 Å². The fourth-order valence-electron chi connectivity index (χ4n) is 0.949. The van der Waals surface area contributed by atoms with E-state index in [-0.39, 0.29) is 28.2 Å². The van der Waals surface area contributed by atoms with E-state index in [2.05, 4.69) is 4.74 Å². The van der Waals surface area contributed by atoms with Crippen LogP contribution < -0.4 is 5.11 Å². The molecule has 0 fully saturated rings. The first-order chi connectivity index (χ1) is 6.16. The molecule has 1 aromatic rings. The molecule has 4 nitrogen and oxygen atoms in total. The first-order valence-electron chi connectivity index (χ1n) is 3.55. The number of ether oxygens (including phenoxy) is 1. The number of hydrogen-bond acceptors (Lipinski definition) is 4. The van der Waals surface area contributed by atoms with Gasteiger partial charge in [0.2, 0.25) is 0 Å². The summed E-state index contributed by atoms with van der Waals surface area (Å²) in [5.74, 6) is -2.07. The van der Waals surface area contributed by atoms with Gasteiger partial charge >= 0.3 is 23.0 Å². The average molecular weight is 243 g/mol. The number of carbonyl (C=O) groups excluding carboxylic acids is 2. The molecule has 0 bridgehead atoms. The minimum Gasteiger partial charge on any atom is -0.545 e. The number of carboxylic acid groups (broad SMARTS) is 1. The number of esters is 1. The smallest absolute Gasteiger partial charge is 0.545 e. The van der Waals surface area contributed by atoms with E-state index in [0.717, 1.165) is 0 Å². The Kier molecular flexibility index (Phi) is 4.91. The van der Waals surface area contributed by atoms with Gasteiger partial charge in [-0.2, -0.15) is 0 Å². The summed E-state index contributed by atoms with van der Waals surface area (Å²) in [7, 11) is 1.19. The molecule has 0 amide bonds. The van der Waals surface area contributed by atoms with Gasteiger partial charge in [-0.15, -0.1) is 0 Å². The molecular weight excluding hydrogens is 236 g/mol. The van der Waals surface area contributed by atoms with Gasteiger partial charge in [0.25, 0.3) is 0 Å². The topological polar surface area (TPSA) is 66.4 Å². The molecule has 1 aromatic carbocycles. The fraction of sp³-hybridized carbons (Fsp3) is 0.111. The molecule has 78 valence electrons. The Bertz CT molecular complexity index is 348. The molecule has 0 radical (unpaired) electrons. The van der Waals surface area contributed by atoms with Crippen LogP contribution in [0.15, 0.2) is 24.3 Å². The normalized spacial score (nSPS) is 8.64. The second-order valence-electron chi connectivity index (χ2n) is 2.32. The summed E-state index contributed by atoms with van der Waals surface area (Å²) >= 11 is 0. The molecule has 0 N–H and O–H groups in total. The first kappa shape index (κ1) is 12.7. The Morgan fingerprint density at radius 1 is 1.21 bits per heavy atom. The molecule has 0 aliphatic heterocycles. The van der Waals surface area contributed by atoms with Crippen LogP contribution in [0.2, 0.25) is 0 Å². The molecule has 5 heteroatoms. The van der Waals surface area contributed by atoms with E-state index >= 15 is 0 Å². The van der Waals surface area contributed by atoms with Crippen molar-refractivity contribution >= 4 is 11.9 Å². The van der Waals surface area contributed by atoms with E-state index in [4.69, 9.17) is 0 Å². The Hall–Kier alpha value is -1.32. The monoisotopic (exact) mass is 242 g/mol. The average Bonchev–Trinajstić information content (AvgIpc) is 2.16. The van der Waals surface area contributed by atoms with E-state index in [1.54, 1.807) is 6.07 Å². The van der Waals surface area contributed by atoms with Crippen molar-refractivity contribution in [3.8, 4) is 0 Å².